The van der Waals surface area contributed by atoms with E-state index in [4.69, 9.17) is 11.6 Å². The van der Waals surface area contributed by atoms with Gasteiger partial charge in [0.25, 0.3) is 0 Å². The van der Waals surface area contributed by atoms with Crippen LogP contribution in [0.15, 0.2) is 18.3 Å². The third-order valence-corrected chi connectivity index (χ3v) is 2.22. The lowest BCUT2D eigenvalue weighted by Gasteiger charge is -2.11. The lowest BCUT2D eigenvalue weighted by molar-refractivity contribution is -0.121. The van der Waals surface area contributed by atoms with Crippen LogP contribution in [0.2, 0.25) is 5.02 Å². The number of hydrogen-bond donors (Lipinski definition) is 0. The molecule has 4 nitrogen and oxygen atoms in total. The summed E-state index contributed by atoms with van der Waals surface area (Å²) in [4.78, 5) is 27.6. The predicted octanol–water partition coefficient (Wildman–Crippen LogP) is 1.39. The molecule has 0 bridgehead atoms. The Hall–Kier alpha value is -1.42. The van der Waals surface area contributed by atoms with Gasteiger partial charge in [0.2, 0.25) is 11.8 Å². The molecule has 0 saturated carbocycles. The third kappa shape index (κ3) is 1.48. The molecule has 2 rings (SSSR count). The summed E-state index contributed by atoms with van der Waals surface area (Å²) in [6.07, 6.45) is 1.95. The Morgan fingerprint density at radius 3 is 2.36 bits per heavy atom. The molecule has 0 aromatic carbocycles. The predicted molar refractivity (Wildman–Crippen MR) is 51.0 cm³/mol. The van der Waals surface area contributed by atoms with Crippen molar-refractivity contribution in [3.8, 4) is 0 Å². The van der Waals surface area contributed by atoms with Crippen LogP contribution in [0.5, 0.6) is 0 Å². The van der Waals surface area contributed by atoms with Gasteiger partial charge in [-0.2, -0.15) is 0 Å². The number of rotatable bonds is 1. The highest BCUT2D eigenvalue weighted by atomic mass is 35.5. The number of carbonyl (C=O) groups is 2. The van der Waals surface area contributed by atoms with Crippen LogP contribution in [0.3, 0.4) is 0 Å². The third-order valence-electron chi connectivity index (χ3n) is 1.99. The maximum atomic E-state index is 11.3. The van der Waals surface area contributed by atoms with E-state index in [1.54, 1.807) is 12.1 Å². The van der Waals surface area contributed by atoms with Gasteiger partial charge >= 0.3 is 0 Å². The molecule has 0 radical (unpaired) electrons. The van der Waals surface area contributed by atoms with Gasteiger partial charge in [0.05, 0.1) is 5.02 Å². The first kappa shape index (κ1) is 9.15. The number of nitrogens with zero attached hydrogens (tertiary/aromatic N) is 2. The van der Waals surface area contributed by atoms with E-state index in [1.807, 2.05) is 0 Å². The summed E-state index contributed by atoms with van der Waals surface area (Å²) in [7, 11) is 0. The summed E-state index contributed by atoms with van der Waals surface area (Å²) in [6, 6.07) is 3.16. The van der Waals surface area contributed by atoms with Gasteiger partial charge in [0, 0.05) is 19.0 Å². The van der Waals surface area contributed by atoms with Crippen molar-refractivity contribution in [2.45, 2.75) is 12.8 Å². The molecule has 1 aromatic heterocycles. The maximum absolute atomic E-state index is 11.3. The zero-order valence-corrected chi connectivity index (χ0v) is 7.99. The standard InChI is InChI=1S/C9H7ClN2O2/c10-6-1-2-7(11-5-6)12-8(13)3-4-9(12)14/h1-2,5H,3-4H2. The Labute approximate surface area is 85.5 Å². The smallest absolute Gasteiger partial charge is 0.235 e. The number of pyridine rings is 1. The van der Waals surface area contributed by atoms with E-state index >= 15 is 0 Å². The number of amides is 2. The van der Waals surface area contributed by atoms with Crippen LogP contribution >= 0.6 is 11.6 Å². The van der Waals surface area contributed by atoms with E-state index in [0.717, 1.165) is 4.90 Å². The van der Waals surface area contributed by atoms with Gasteiger partial charge in [-0.05, 0) is 12.1 Å². The molecular formula is C9H7ClN2O2. The summed E-state index contributed by atoms with van der Waals surface area (Å²) in [5.74, 6) is -0.0588. The molecule has 72 valence electrons. The van der Waals surface area contributed by atoms with Crippen LogP contribution in [0, 0.1) is 0 Å². The molecule has 1 fully saturated rings. The van der Waals surface area contributed by atoms with E-state index in [2.05, 4.69) is 4.98 Å². The molecule has 1 saturated heterocycles. The molecule has 14 heavy (non-hydrogen) atoms. The lowest BCUT2D eigenvalue weighted by Crippen LogP contribution is -2.29. The summed E-state index contributed by atoms with van der Waals surface area (Å²) in [5, 5.41) is 0.479. The monoisotopic (exact) mass is 210 g/mol. The van der Waals surface area contributed by atoms with Crippen molar-refractivity contribution < 1.29 is 9.59 Å². The zero-order valence-electron chi connectivity index (χ0n) is 7.24. The van der Waals surface area contributed by atoms with Crippen LogP contribution in [0.4, 0.5) is 5.82 Å². The quantitative estimate of drug-likeness (QED) is 0.659. The number of aromatic nitrogens is 1. The molecule has 1 aromatic rings. The highest BCUT2D eigenvalue weighted by Crippen LogP contribution is 2.21. The van der Waals surface area contributed by atoms with E-state index in [0.29, 0.717) is 10.8 Å². The van der Waals surface area contributed by atoms with Crippen LogP contribution in [0.1, 0.15) is 12.8 Å². The van der Waals surface area contributed by atoms with Gasteiger partial charge in [0.15, 0.2) is 0 Å². The van der Waals surface area contributed by atoms with Crippen LogP contribution < -0.4 is 4.90 Å². The van der Waals surface area contributed by atoms with Gasteiger partial charge < -0.3 is 0 Å². The first-order valence-electron chi connectivity index (χ1n) is 4.16. The van der Waals surface area contributed by atoms with E-state index in [9.17, 15) is 9.59 Å². The number of halogens is 1. The van der Waals surface area contributed by atoms with Crippen LogP contribution in [0.25, 0.3) is 0 Å². The Kier molecular flexibility index (Phi) is 2.21. The second-order valence-corrected chi connectivity index (χ2v) is 3.39. The molecule has 0 atom stereocenters. The molecule has 0 unspecified atom stereocenters. The molecule has 5 heteroatoms. The van der Waals surface area contributed by atoms with Crippen LogP contribution in [-0.4, -0.2) is 16.8 Å². The normalized spacial score (nSPS) is 16.5. The fourth-order valence-electron chi connectivity index (χ4n) is 1.33. The molecule has 1 aliphatic heterocycles. The summed E-state index contributed by atoms with van der Waals surface area (Å²) in [5.41, 5.74) is 0. The second kappa shape index (κ2) is 3.38. The minimum Gasteiger partial charge on any atom is -0.274 e. The van der Waals surface area contributed by atoms with E-state index in [1.165, 1.54) is 6.20 Å². The van der Waals surface area contributed by atoms with Crippen molar-refractivity contribution in [1.82, 2.24) is 4.98 Å². The van der Waals surface area contributed by atoms with Crippen molar-refractivity contribution in [2.75, 3.05) is 4.90 Å². The van der Waals surface area contributed by atoms with Crippen molar-refractivity contribution >= 4 is 29.2 Å². The molecule has 0 aliphatic carbocycles. The SMILES string of the molecule is O=C1CCC(=O)N1c1ccc(Cl)cn1. The highest BCUT2D eigenvalue weighted by Gasteiger charge is 2.30. The minimum atomic E-state index is -0.204. The maximum Gasteiger partial charge on any atom is 0.235 e. The van der Waals surface area contributed by atoms with Gasteiger partial charge in [-0.15, -0.1) is 0 Å². The van der Waals surface area contributed by atoms with Crippen molar-refractivity contribution in [1.29, 1.82) is 0 Å². The van der Waals surface area contributed by atoms with Gasteiger partial charge in [-0.3, -0.25) is 9.59 Å². The van der Waals surface area contributed by atoms with E-state index in [-0.39, 0.29) is 24.7 Å². The first-order valence-corrected chi connectivity index (χ1v) is 4.53. The zero-order chi connectivity index (χ0) is 10.1. The Morgan fingerprint density at radius 1 is 1.21 bits per heavy atom. The average molecular weight is 211 g/mol. The van der Waals surface area contributed by atoms with E-state index < -0.39 is 0 Å². The summed E-state index contributed by atoms with van der Waals surface area (Å²) < 4.78 is 0. The largest absolute Gasteiger partial charge is 0.274 e. The van der Waals surface area contributed by atoms with Crippen LogP contribution in [-0.2, 0) is 9.59 Å². The fraction of sp³-hybridized carbons (Fsp3) is 0.222. The molecule has 2 heterocycles. The van der Waals surface area contributed by atoms with Crippen molar-refractivity contribution in [2.24, 2.45) is 0 Å². The highest BCUT2D eigenvalue weighted by molar-refractivity contribution is 6.30. The summed E-state index contributed by atoms with van der Waals surface area (Å²) in [6.45, 7) is 0. The average Bonchev–Trinajstić information content (AvgIpc) is 2.49. The lowest BCUT2D eigenvalue weighted by atomic mass is 10.4. The number of carbonyl (C=O) groups excluding carboxylic acids is 2. The Morgan fingerprint density at radius 2 is 1.86 bits per heavy atom. The van der Waals surface area contributed by atoms with Gasteiger partial charge in [-0.25, -0.2) is 9.88 Å². The molecule has 0 spiro atoms. The van der Waals surface area contributed by atoms with Gasteiger partial charge in [0.1, 0.15) is 5.82 Å². The molecule has 2 amide bonds. The fourth-order valence-corrected chi connectivity index (χ4v) is 1.44. The topological polar surface area (TPSA) is 50.3 Å². The number of anilines is 1. The molecule has 0 N–H and O–H groups in total. The minimum absolute atomic E-state index is 0.204. The van der Waals surface area contributed by atoms with Crippen molar-refractivity contribution in [3.63, 3.8) is 0 Å². The number of imide groups is 1. The second-order valence-electron chi connectivity index (χ2n) is 2.96. The Bertz CT molecular complexity index is 372. The van der Waals surface area contributed by atoms with Crippen molar-refractivity contribution in [3.05, 3.63) is 23.4 Å². The Balaban J connectivity index is 2.34. The molecular weight excluding hydrogens is 204 g/mol. The summed E-state index contributed by atoms with van der Waals surface area (Å²) >= 11 is 5.64. The number of hydrogen-bond acceptors (Lipinski definition) is 3. The van der Waals surface area contributed by atoms with Gasteiger partial charge in [-0.1, -0.05) is 11.6 Å². The molecule has 1 aliphatic rings. The first-order chi connectivity index (χ1) is 6.68.